The fourth-order valence-electron chi connectivity index (χ4n) is 3.21. The predicted molar refractivity (Wildman–Crippen MR) is 124 cm³/mol. The Morgan fingerprint density at radius 3 is 2.03 bits per heavy atom. The third kappa shape index (κ3) is 7.86. The molecule has 3 amide bonds. The average Bonchev–Trinajstić information content (AvgIpc) is 2.76. The first-order valence-electron chi connectivity index (χ1n) is 10.5. The molecule has 3 N–H and O–H groups in total. The lowest BCUT2D eigenvalue weighted by Gasteiger charge is -2.27. The van der Waals surface area contributed by atoms with Gasteiger partial charge in [0.1, 0.15) is 0 Å². The van der Waals surface area contributed by atoms with Crippen LogP contribution in [0.4, 0.5) is 11.4 Å². The van der Waals surface area contributed by atoms with Gasteiger partial charge in [0.25, 0.3) is 0 Å². The largest absolute Gasteiger partial charge is 0.354 e. The molecule has 0 saturated heterocycles. The predicted octanol–water partition coefficient (Wildman–Crippen LogP) is 3.21. The van der Waals surface area contributed by atoms with Gasteiger partial charge in [0.05, 0.1) is 12.6 Å². The van der Waals surface area contributed by atoms with Crippen LogP contribution in [-0.4, -0.2) is 48.3 Å². The molecule has 0 aliphatic rings. The molecule has 2 aromatic rings. The van der Waals surface area contributed by atoms with Crippen molar-refractivity contribution in [3.63, 3.8) is 0 Å². The highest BCUT2D eigenvalue weighted by molar-refractivity contribution is 5.93. The maximum absolute atomic E-state index is 12.6. The van der Waals surface area contributed by atoms with E-state index in [9.17, 15) is 14.4 Å². The van der Waals surface area contributed by atoms with E-state index in [1.807, 2.05) is 49.1 Å². The van der Waals surface area contributed by atoms with Crippen LogP contribution in [-0.2, 0) is 14.4 Å². The van der Waals surface area contributed by atoms with Crippen LogP contribution in [0.25, 0.3) is 0 Å². The molecular formula is C24H32N4O3. The maximum atomic E-state index is 12.6. The van der Waals surface area contributed by atoms with E-state index in [-0.39, 0.29) is 30.2 Å². The Morgan fingerprint density at radius 2 is 1.48 bits per heavy atom. The van der Waals surface area contributed by atoms with Gasteiger partial charge in [-0.15, -0.1) is 0 Å². The normalized spacial score (nSPS) is 12.7. The summed E-state index contributed by atoms with van der Waals surface area (Å²) in [6.07, 6.45) is 0. The molecule has 7 nitrogen and oxygen atoms in total. The van der Waals surface area contributed by atoms with Crippen LogP contribution in [0.3, 0.4) is 0 Å². The molecule has 7 heteroatoms. The van der Waals surface area contributed by atoms with E-state index in [0.29, 0.717) is 24.5 Å². The highest BCUT2D eigenvalue weighted by atomic mass is 16.2. The van der Waals surface area contributed by atoms with Gasteiger partial charge in [-0.2, -0.15) is 0 Å². The fraction of sp³-hybridized carbons (Fsp3) is 0.375. The van der Waals surface area contributed by atoms with E-state index in [4.69, 9.17) is 0 Å². The van der Waals surface area contributed by atoms with Crippen molar-refractivity contribution >= 4 is 29.1 Å². The minimum atomic E-state index is -0.430. The number of hydrogen-bond donors (Lipinski definition) is 3. The van der Waals surface area contributed by atoms with Crippen LogP contribution in [0, 0.1) is 0 Å². The second-order valence-electron chi connectivity index (χ2n) is 7.60. The lowest BCUT2D eigenvalue weighted by atomic mass is 10.0. The second kappa shape index (κ2) is 11.9. The third-order valence-electron chi connectivity index (χ3n) is 5.12. The zero-order valence-corrected chi connectivity index (χ0v) is 18.6. The van der Waals surface area contributed by atoms with Gasteiger partial charge in [0.2, 0.25) is 17.7 Å². The molecule has 0 radical (unpaired) electrons. The first kappa shape index (κ1) is 24.1. The van der Waals surface area contributed by atoms with Crippen molar-refractivity contribution in [2.45, 2.75) is 39.7 Å². The summed E-state index contributed by atoms with van der Waals surface area (Å²) in [5.74, 6) is -0.250. The lowest BCUT2D eigenvalue weighted by Crippen LogP contribution is -2.48. The Kier molecular flexibility index (Phi) is 9.21. The highest BCUT2D eigenvalue weighted by Gasteiger charge is 2.22. The van der Waals surface area contributed by atoms with Crippen molar-refractivity contribution < 1.29 is 14.4 Å². The summed E-state index contributed by atoms with van der Waals surface area (Å²) in [6, 6.07) is 16.5. The molecule has 0 heterocycles. The number of anilines is 2. The summed E-state index contributed by atoms with van der Waals surface area (Å²) < 4.78 is 0. The molecule has 0 fully saturated rings. The molecule has 2 atom stereocenters. The van der Waals surface area contributed by atoms with Gasteiger partial charge in [-0.25, -0.2) is 0 Å². The first-order valence-corrected chi connectivity index (χ1v) is 10.5. The lowest BCUT2D eigenvalue weighted by molar-refractivity contribution is -0.127. The van der Waals surface area contributed by atoms with E-state index in [0.717, 1.165) is 0 Å². The smallest absolute Gasteiger partial charge is 0.238 e. The van der Waals surface area contributed by atoms with Crippen molar-refractivity contribution in [2.24, 2.45) is 0 Å². The van der Waals surface area contributed by atoms with E-state index >= 15 is 0 Å². The van der Waals surface area contributed by atoms with Crippen LogP contribution >= 0.6 is 0 Å². The van der Waals surface area contributed by atoms with Gasteiger partial charge >= 0.3 is 0 Å². The Labute approximate surface area is 184 Å². The van der Waals surface area contributed by atoms with Gasteiger partial charge in [-0.3, -0.25) is 19.3 Å². The number of nitrogens with zero attached hydrogens (tertiary/aromatic N) is 1. The molecule has 2 aromatic carbocycles. The molecule has 0 aliphatic heterocycles. The number of likely N-dealkylation sites (N-methyl/N-ethyl adjacent to an activating group) is 1. The molecule has 0 saturated carbocycles. The van der Waals surface area contributed by atoms with Crippen LogP contribution in [0.5, 0.6) is 0 Å². The van der Waals surface area contributed by atoms with Crippen molar-refractivity contribution in [1.29, 1.82) is 0 Å². The first-order chi connectivity index (χ1) is 14.8. The summed E-state index contributed by atoms with van der Waals surface area (Å²) in [7, 11) is 0. The minimum absolute atomic E-state index is 0.0999. The molecule has 2 rings (SSSR count). The zero-order valence-electron chi connectivity index (χ0n) is 18.6. The number of hydrogen-bond acceptors (Lipinski definition) is 4. The van der Waals surface area contributed by atoms with Crippen molar-refractivity contribution in [3.8, 4) is 0 Å². The molecule has 0 spiro atoms. The fourth-order valence-corrected chi connectivity index (χ4v) is 3.21. The SMILES string of the molecule is CCN(CC(=O)Nc1ccc(NC(C)=O)cc1)C(C)C(=O)NCC(C)c1ccccc1. The number of benzene rings is 2. The molecule has 0 bridgehead atoms. The molecule has 2 unspecified atom stereocenters. The van der Waals surface area contributed by atoms with Gasteiger partial charge in [-0.05, 0) is 49.2 Å². The Morgan fingerprint density at radius 1 is 0.903 bits per heavy atom. The Balaban J connectivity index is 1.85. The maximum Gasteiger partial charge on any atom is 0.238 e. The highest BCUT2D eigenvalue weighted by Crippen LogP contribution is 2.15. The number of nitrogens with one attached hydrogen (secondary N) is 3. The van der Waals surface area contributed by atoms with E-state index in [1.165, 1.54) is 12.5 Å². The number of carbonyl (C=O) groups is 3. The minimum Gasteiger partial charge on any atom is -0.354 e. The van der Waals surface area contributed by atoms with E-state index in [1.54, 1.807) is 24.3 Å². The standard InChI is InChI=1S/C24H32N4O3/c1-5-28(16-23(30)27-22-13-11-21(12-14-22)26-19(4)29)18(3)24(31)25-15-17(2)20-9-7-6-8-10-20/h6-14,17-18H,5,15-16H2,1-4H3,(H,25,31)(H,26,29)(H,27,30). The summed E-state index contributed by atoms with van der Waals surface area (Å²) in [5.41, 5.74) is 2.46. The number of carbonyl (C=O) groups excluding carboxylic acids is 3. The van der Waals surface area contributed by atoms with Crippen LogP contribution in [0.1, 0.15) is 39.2 Å². The van der Waals surface area contributed by atoms with Gasteiger partial charge in [0, 0.05) is 24.8 Å². The summed E-state index contributed by atoms with van der Waals surface area (Å²) in [4.78, 5) is 38.0. The summed E-state index contributed by atoms with van der Waals surface area (Å²) in [6.45, 7) is 8.45. The van der Waals surface area contributed by atoms with Gasteiger partial charge in [0.15, 0.2) is 0 Å². The molecule has 0 aliphatic carbocycles. The number of rotatable bonds is 10. The Hall–Kier alpha value is -3.19. The topological polar surface area (TPSA) is 90.5 Å². The molecular weight excluding hydrogens is 392 g/mol. The summed E-state index contributed by atoms with van der Waals surface area (Å²) >= 11 is 0. The van der Waals surface area contributed by atoms with Gasteiger partial charge in [-0.1, -0.05) is 44.2 Å². The quantitative estimate of drug-likeness (QED) is 0.546. The molecule has 31 heavy (non-hydrogen) atoms. The summed E-state index contributed by atoms with van der Waals surface area (Å²) in [5, 5.41) is 8.50. The monoisotopic (exact) mass is 424 g/mol. The average molecular weight is 425 g/mol. The van der Waals surface area contributed by atoms with E-state index < -0.39 is 6.04 Å². The van der Waals surface area contributed by atoms with Crippen molar-refractivity contribution in [1.82, 2.24) is 10.2 Å². The van der Waals surface area contributed by atoms with Crippen LogP contribution < -0.4 is 16.0 Å². The Bertz CT molecular complexity index is 868. The molecule has 0 aromatic heterocycles. The number of amides is 3. The van der Waals surface area contributed by atoms with E-state index in [2.05, 4.69) is 22.9 Å². The van der Waals surface area contributed by atoms with Gasteiger partial charge < -0.3 is 16.0 Å². The van der Waals surface area contributed by atoms with Crippen LogP contribution in [0.15, 0.2) is 54.6 Å². The van der Waals surface area contributed by atoms with Crippen molar-refractivity contribution in [3.05, 3.63) is 60.2 Å². The van der Waals surface area contributed by atoms with Crippen LogP contribution in [0.2, 0.25) is 0 Å². The van der Waals surface area contributed by atoms with Crippen molar-refractivity contribution in [2.75, 3.05) is 30.3 Å². The second-order valence-corrected chi connectivity index (χ2v) is 7.60. The zero-order chi connectivity index (χ0) is 22.8. The molecule has 166 valence electrons. The third-order valence-corrected chi connectivity index (χ3v) is 5.12.